The molecule has 0 saturated heterocycles. The minimum Gasteiger partial charge on any atom is -0.350 e. The van der Waals surface area contributed by atoms with Crippen LogP contribution in [0.4, 0.5) is 10.1 Å². The molecule has 0 unspecified atom stereocenters. The van der Waals surface area contributed by atoms with Crippen LogP contribution in [-0.2, 0) is 6.42 Å². The maximum Gasteiger partial charge on any atom is 0.274 e. The molecule has 0 saturated carbocycles. The van der Waals surface area contributed by atoms with Gasteiger partial charge in [0.2, 0.25) is 0 Å². The number of carbonyl (C=O) groups is 2. The molecule has 0 aliphatic heterocycles. The summed E-state index contributed by atoms with van der Waals surface area (Å²) in [5, 5.41) is 5.23. The molecule has 1 aromatic heterocycles. The number of aromatic nitrogens is 1. The normalized spacial score (nSPS) is 10.3. The number of amides is 2. The summed E-state index contributed by atoms with van der Waals surface area (Å²) in [6.45, 7) is 0.455. The lowest BCUT2D eigenvalue weighted by Crippen LogP contribution is -2.27. The first kappa shape index (κ1) is 18.3. The number of benzene rings is 2. The van der Waals surface area contributed by atoms with Crippen LogP contribution in [0.5, 0.6) is 0 Å². The second kappa shape index (κ2) is 8.71. The van der Waals surface area contributed by atoms with E-state index in [0.29, 0.717) is 13.0 Å². The fourth-order valence-corrected chi connectivity index (χ4v) is 2.49. The van der Waals surface area contributed by atoms with E-state index in [2.05, 4.69) is 15.6 Å². The molecule has 0 aliphatic rings. The van der Waals surface area contributed by atoms with E-state index in [1.807, 2.05) is 30.3 Å². The monoisotopic (exact) mass is 363 g/mol. The first-order valence-corrected chi connectivity index (χ1v) is 8.48. The Balaban J connectivity index is 1.61. The second-order valence-electron chi connectivity index (χ2n) is 5.83. The molecule has 1 heterocycles. The number of carbonyl (C=O) groups excluding carboxylic acids is 2. The van der Waals surface area contributed by atoms with E-state index in [0.717, 1.165) is 5.56 Å². The van der Waals surface area contributed by atoms with E-state index in [1.54, 1.807) is 12.1 Å². The molecule has 2 amide bonds. The van der Waals surface area contributed by atoms with Crippen molar-refractivity contribution in [2.24, 2.45) is 0 Å². The van der Waals surface area contributed by atoms with Gasteiger partial charge in [0.05, 0.1) is 5.69 Å². The van der Waals surface area contributed by atoms with Crippen molar-refractivity contribution in [1.82, 2.24) is 10.3 Å². The smallest absolute Gasteiger partial charge is 0.274 e. The number of hydrogen-bond acceptors (Lipinski definition) is 3. The number of pyridine rings is 1. The van der Waals surface area contributed by atoms with Crippen LogP contribution in [0.25, 0.3) is 0 Å². The molecule has 0 bridgehead atoms. The average molecular weight is 363 g/mol. The van der Waals surface area contributed by atoms with E-state index in [1.165, 1.54) is 30.3 Å². The maximum atomic E-state index is 13.7. The molecular formula is C21H18FN3O2. The SMILES string of the molecule is O=C(NCCc1ccccc1)c1cccc(C(=O)Nc2ccccc2F)n1. The van der Waals surface area contributed by atoms with Crippen molar-refractivity contribution in [2.75, 3.05) is 11.9 Å². The lowest BCUT2D eigenvalue weighted by atomic mass is 10.1. The highest BCUT2D eigenvalue weighted by molar-refractivity contribution is 6.03. The van der Waals surface area contributed by atoms with Gasteiger partial charge in [-0.25, -0.2) is 9.37 Å². The third-order valence-electron chi connectivity index (χ3n) is 3.88. The van der Waals surface area contributed by atoms with Gasteiger partial charge < -0.3 is 10.6 Å². The zero-order chi connectivity index (χ0) is 19.1. The lowest BCUT2D eigenvalue weighted by Gasteiger charge is -2.08. The predicted octanol–water partition coefficient (Wildman–Crippen LogP) is 3.45. The maximum absolute atomic E-state index is 13.7. The van der Waals surface area contributed by atoms with Gasteiger partial charge in [0.15, 0.2) is 0 Å². The van der Waals surface area contributed by atoms with Crippen LogP contribution in [0.15, 0.2) is 72.8 Å². The number of rotatable bonds is 6. The van der Waals surface area contributed by atoms with Crippen molar-refractivity contribution in [3.05, 3.63) is 95.6 Å². The number of hydrogen-bond donors (Lipinski definition) is 2. The van der Waals surface area contributed by atoms with Gasteiger partial charge in [-0.1, -0.05) is 48.5 Å². The lowest BCUT2D eigenvalue weighted by molar-refractivity contribution is 0.0949. The van der Waals surface area contributed by atoms with Crippen LogP contribution in [-0.4, -0.2) is 23.3 Å². The third kappa shape index (κ3) is 4.98. The van der Waals surface area contributed by atoms with Crippen molar-refractivity contribution in [3.63, 3.8) is 0 Å². The van der Waals surface area contributed by atoms with Crippen LogP contribution in [0.3, 0.4) is 0 Å². The highest BCUT2D eigenvalue weighted by Gasteiger charge is 2.13. The Hall–Kier alpha value is -3.54. The number of nitrogens with one attached hydrogen (secondary N) is 2. The van der Waals surface area contributed by atoms with Gasteiger partial charge in [0.25, 0.3) is 11.8 Å². The molecule has 2 N–H and O–H groups in total. The Kier molecular flexibility index (Phi) is 5.89. The zero-order valence-corrected chi connectivity index (χ0v) is 14.5. The van der Waals surface area contributed by atoms with Crippen molar-refractivity contribution in [2.45, 2.75) is 6.42 Å². The molecule has 5 nitrogen and oxygen atoms in total. The molecule has 27 heavy (non-hydrogen) atoms. The fraction of sp³-hybridized carbons (Fsp3) is 0.0952. The van der Waals surface area contributed by atoms with E-state index in [9.17, 15) is 14.0 Å². The largest absolute Gasteiger partial charge is 0.350 e. The van der Waals surface area contributed by atoms with Crippen LogP contribution in [0.1, 0.15) is 26.5 Å². The zero-order valence-electron chi connectivity index (χ0n) is 14.5. The second-order valence-corrected chi connectivity index (χ2v) is 5.83. The van der Waals surface area contributed by atoms with Crippen LogP contribution < -0.4 is 10.6 Å². The van der Waals surface area contributed by atoms with Crippen molar-refractivity contribution >= 4 is 17.5 Å². The van der Waals surface area contributed by atoms with Gasteiger partial charge in [-0.2, -0.15) is 0 Å². The van der Waals surface area contributed by atoms with Crippen molar-refractivity contribution in [3.8, 4) is 0 Å². The number of nitrogens with zero attached hydrogens (tertiary/aromatic N) is 1. The van der Waals surface area contributed by atoms with Crippen LogP contribution >= 0.6 is 0 Å². The molecule has 136 valence electrons. The molecule has 6 heteroatoms. The molecule has 0 fully saturated rings. The van der Waals surface area contributed by atoms with Crippen LogP contribution in [0, 0.1) is 5.82 Å². The summed E-state index contributed by atoms with van der Waals surface area (Å²) >= 11 is 0. The number of anilines is 1. The van der Waals surface area contributed by atoms with E-state index < -0.39 is 11.7 Å². The first-order valence-electron chi connectivity index (χ1n) is 8.48. The number of halogens is 1. The topological polar surface area (TPSA) is 71.1 Å². The Morgan fingerprint density at radius 1 is 0.815 bits per heavy atom. The molecule has 0 atom stereocenters. The van der Waals surface area contributed by atoms with Gasteiger partial charge in [0, 0.05) is 6.54 Å². The first-order chi connectivity index (χ1) is 13.1. The van der Waals surface area contributed by atoms with Gasteiger partial charge >= 0.3 is 0 Å². The quantitative estimate of drug-likeness (QED) is 0.705. The van der Waals surface area contributed by atoms with Crippen molar-refractivity contribution < 1.29 is 14.0 Å². The van der Waals surface area contributed by atoms with E-state index >= 15 is 0 Å². The molecule has 0 radical (unpaired) electrons. The molecule has 2 aromatic carbocycles. The Labute approximate surface area is 156 Å². The van der Waals surface area contributed by atoms with Gasteiger partial charge in [-0.05, 0) is 36.2 Å². The summed E-state index contributed by atoms with van der Waals surface area (Å²) < 4.78 is 13.7. The third-order valence-corrected chi connectivity index (χ3v) is 3.88. The molecule has 0 spiro atoms. The Bertz CT molecular complexity index is 945. The summed E-state index contributed by atoms with van der Waals surface area (Å²) in [5.74, 6) is -1.49. The van der Waals surface area contributed by atoms with Gasteiger partial charge in [-0.3, -0.25) is 9.59 Å². The molecule has 3 aromatic rings. The molecule has 3 rings (SSSR count). The highest BCUT2D eigenvalue weighted by Crippen LogP contribution is 2.13. The predicted molar refractivity (Wildman–Crippen MR) is 101 cm³/mol. The average Bonchev–Trinajstić information content (AvgIpc) is 2.70. The summed E-state index contributed by atoms with van der Waals surface area (Å²) in [4.78, 5) is 28.6. The molecular weight excluding hydrogens is 345 g/mol. The van der Waals surface area contributed by atoms with Crippen LogP contribution in [0.2, 0.25) is 0 Å². The number of para-hydroxylation sites is 1. The summed E-state index contributed by atoms with van der Waals surface area (Å²) in [5.41, 5.74) is 1.34. The van der Waals surface area contributed by atoms with E-state index in [-0.39, 0.29) is 23.0 Å². The standard InChI is InChI=1S/C21H18FN3O2/c22-16-9-4-5-10-17(16)25-21(27)19-12-6-11-18(24-19)20(26)23-14-13-15-7-2-1-3-8-15/h1-12H,13-14H2,(H,23,26)(H,25,27). The summed E-state index contributed by atoms with van der Waals surface area (Å²) in [6, 6.07) is 20.2. The van der Waals surface area contributed by atoms with E-state index in [4.69, 9.17) is 0 Å². The Morgan fingerprint density at radius 2 is 1.48 bits per heavy atom. The molecule has 0 aliphatic carbocycles. The van der Waals surface area contributed by atoms with Crippen molar-refractivity contribution in [1.29, 1.82) is 0 Å². The highest BCUT2D eigenvalue weighted by atomic mass is 19.1. The summed E-state index contributed by atoms with van der Waals surface area (Å²) in [7, 11) is 0. The van der Waals surface area contributed by atoms with Gasteiger partial charge in [0.1, 0.15) is 17.2 Å². The Morgan fingerprint density at radius 3 is 2.22 bits per heavy atom. The minimum absolute atomic E-state index is 0.0361. The minimum atomic E-state index is -0.584. The summed E-state index contributed by atoms with van der Waals surface area (Å²) in [6.07, 6.45) is 0.694. The van der Waals surface area contributed by atoms with Gasteiger partial charge in [-0.15, -0.1) is 0 Å². The fourth-order valence-electron chi connectivity index (χ4n) is 2.49.